The molecule has 2 rings (SSSR count). The van der Waals surface area contributed by atoms with Gasteiger partial charge in [-0.15, -0.1) is 0 Å². The van der Waals surface area contributed by atoms with Crippen LogP contribution in [-0.2, 0) is 15.7 Å². The van der Waals surface area contributed by atoms with Gasteiger partial charge in [0.05, 0.1) is 0 Å². The van der Waals surface area contributed by atoms with Gasteiger partial charge in [-0.3, -0.25) is 4.72 Å². The zero-order valence-corrected chi connectivity index (χ0v) is 4.70. The number of allylic oxidation sites excluding steroid dienone is 1. The Morgan fingerprint density at radius 3 is 3.25 bits per heavy atom. The number of hydrogen-bond acceptors (Lipinski definition) is 2. The van der Waals surface area contributed by atoms with Crippen LogP contribution in [-0.4, -0.2) is 4.21 Å². The van der Waals surface area contributed by atoms with Crippen molar-refractivity contribution in [3.8, 4) is 0 Å². The Morgan fingerprint density at radius 1 is 1.75 bits per heavy atom. The average Bonchev–Trinajstić information content (AvgIpc) is 2.43. The molecule has 0 bridgehead atoms. The van der Waals surface area contributed by atoms with Gasteiger partial charge >= 0.3 is 0 Å². The van der Waals surface area contributed by atoms with E-state index in [1.807, 2.05) is 0 Å². The van der Waals surface area contributed by atoms with Crippen molar-refractivity contribution in [3.05, 3.63) is 23.1 Å². The fourth-order valence-electron chi connectivity index (χ4n) is 0.514. The second kappa shape index (κ2) is 1.14. The van der Waals surface area contributed by atoms with Gasteiger partial charge in [0.25, 0.3) is 0 Å². The summed E-state index contributed by atoms with van der Waals surface area (Å²) in [4.78, 5) is 0. The highest BCUT2D eigenvalue weighted by molar-refractivity contribution is 7.86. The lowest BCUT2D eigenvalue weighted by Gasteiger charge is -1.89. The van der Waals surface area contributed by atoms with E-state index >= 15 is 0 Å². The lowest BCUT2D eigenvalue weighted by atomic mass is 10.6. The number of hydrogen-bond donors (Lipinski definition) is 1. The normalized spacial score (nSPS) is 30.8. The summed E-state index contributed by atoms with van der Waals surface area (Å²) in [7, 11) is -1.04. The minimum Gasteiger partial charge on any atom is -0.431 e. The monoisotopic (exact) mass is 129 g/mol. The van der Waals surface area contributed by atoms with Crippen LogP contribution in [0.25, 0.3) is 0 Å². The zero-order valence-electron chi connectivity index (χ0n) is 3.88. The molecule has 0 saturated carbocycles. The van der Waals surface area contributed by atoms with Gasteiger partial charge in [0.2, 0.25) is 5.88 Å². The largest absolute Gasteiger partial charge is 0.431 e. The maximum atomic E-state index is 10.5. The van der Waals surface area contributed by atoms with Crippen LogP contribution in [0, 0.1) is 0 Å². The van der Waals surface area contributed by atoms with E-state index in [1.165, 1.54) is 0 Å². The van der Waals surface area contributed by atoms with Crippen molar-refractivity contribution in [1.82, 2.24) is 4.72 Å². The summed E-state index contributed by atoms with van der Waals surface area (Å²) in [5, 5.41) is 1.55. The Balaban J connectivity index is 2.33. The van der Waals surface area contributed by atoms with Gasteiger partial charge in [-0.2, -0.15) is 0 Å². The molecule has 0 fully saturated rings. The van der Waals surface area contributed by atoms with Crippen molar-refractivity contribution < 1.29 is 8.95 Å². The van der Waals surface area contributed by atoms with E-state index in [4.69, 9.17) is 4.74 Å². The second-order valence-electron chi connectivity index (χ2n) is 1.50. The van der Waals surface area contributed by atoms with Crippen molar-refractivity contribution >= 4 is 11.0 Å². The van der Waals surface area contributed by atoms with Crippen molar-refractivity contribution in [2.24, 2.45) is 0 Å². The predicted molar refractivity (Wildman–Crippen MR) is 28.5 cm³/mol. The van der Waals surface area contributed by atoms with Gasteiger partial charge in [-0.1, -0.05) is 0 Å². The van der Waals surface area contributed by atoms with Crippen molar-refractivity contribution in [1.29, 1.82) is 0 Å². The standard InChI is InChI=1S/C4H3NO2S/c6-8-2-1-3-4(5-8)7-3/h1-2,5H. The first kappa shape index (κ1) is 4.14. The Kier molecular flexibility index (Phi) is 0.590. The summed E-state index contributed by atoms with van der Waals surface area (Å²) in [6.07, 6.45) is 1.70. The van der Waals surface area contributed by atoms with E-state index in [0.29, 0.717) is 5.88 Å². The van der Waals surface area contributed by atoms with Gasteiger partial charge in [0.1, 0.15) is 11.0 Å². The molecular weight excluding hydrogens is 126 g/mol. The van der Waals surface area contributed by atoms with Crippen molar-refractivity contribution in [2.75, 3.05) is 0 Å². The van der Waals surface area contributed by atoms with E-state index in [2.05, 4.69) is 4.72 Å². The molecule has 8 heavy (non-hydrogen) atoms. The first-order chi connectivity index (χ1) is 3.86. The molecular formula is C4H3NO2S. The van der Waals surface area contributed by atoms with Crippen LogP contribution >= 0.6 is 0 Å². The smallest absolute Gasteiger partial charge is 0.249 e. The molecule has 42 valence electrons. The molecule has 1 N–H and O–H groups in total. The Bertz CT molecular complexity index is 218. The highest BCUT2D eigenvalue weighted by atomic mass is 32.2. The third kappa shape index (κ3) is 0.462. The molecule has 1 unspecified atom stereocenters. The van der Waals surface area contributed by atoms with Gasteiger partial charge in [-0.05, 0) is 6.08 Å². The van der Waals surface area contributed by atoms with Crippen molar-refractivity contribution in [2.45, 2.75) is 0 Å². The van der Waals surface area contributed by atoms with Crippen LogP contribution < -0.4 is 4.72 Å². The maximum absolute atomic E-state index is 10.5. The van der Waals surface area contributed by atoms with Crippen LogP contribution in [0.1, 0.15) is 0 Å². The molecule has 0 amide bonds. The molecule has 2 aliphatic heterocycles. The zero-order chi connectivity index (χ0) is 5.56. The molecule has 0 saturated heterocycles. The molecule has 2 aliphatic rings. The first-order valence-corrected chi connectivity index (χ1v) is 3.35. The minimum absolute atomic E-state index is 0.658. The summed E-state index contributed by atoms with van der Waals surface area (Å²) in [6.45, 7) is 0. The number of rotatable bonds is 0. The quantitative estimate of drug-likeness (QED) is 0.499. The number of nitrogens with one attached hydrogen (secondary N) is 1. The van der Waals surface area contributed by atoms with E-state index in [9.17, 15) is 4.21 Å². The van der Waals surface area contributed by atoms with Crippen LogP contribution in [0.3, 0.4) is 0 Å². The van der Waals surface area contributed by atoms with Crippen LogP contribution in [0.4, 0.5) is 0 Å². The lowest BCUT2D eigenvalue weighted by Crippen LogP contribution is -2.09. The fraction of sp³-hybridized carbons (Fsp3) is 0. The molecule has 1 atom stereocenters. The van der Waals surface area contributed by atoms with Crippen LogP contribution in [0.15, 0.2) is 23.1 Å². The molecule has 0 aromatic rings. The van der Waals surface area contributed by atoms with E-state index in [-0.39, 0.29) is 0 Å². The molecule has 0 aromatic carbocycles. The minimum atomic E-state index is -1.04. The van der Waals surface area contributed by atoms with E-state index < -0.39 is 11.0 Å². The van der Waals surface area contributed by atoms with E-state index in [0.717, 1.165) is 5.76 Å². The Morgan fingerprint density at radius 2 is 2.62 bits per heavy atom. The summed E-state index contributed by atoms with van der Waals surface area (Å²) in [6, 6.07) is 0. The summed E-state index contributed by atoms with van der Waals surface area (Å²) >= 11 is 0. The molecule has 2 heterocycles. The maximum Gasteiger partial charge on any atom is 0.249 e. The molecule has 3 nitrogen and oxygen atoms in total. The molecule has 4 heteroatoms. The molecule has 0 spiro atoms. The predicted octanol–water partition coefficient (Wildman–Crippen LogP) is -0.0337. The van der Waals surface area contributed by atoms with Gasteiger partial charge in [0, 0.05) is 5.41 Å². The first-order valence-electron chi connectivity index (χ1n) is 2.14. The Labute approximate surface area is 48.6 Å². The summed E-state index contributed by atoms with van der Waals surface area (Å²) in [5.74, 6) is 1.47. The van der Waals surface area contributed by atoms with Crippen LogP contribution in [0.5, 0.6) is 0 Å². The highest BCUT2D eigenvalue weighted by Gasteiger charge is 2.26. The third-order valence-electron chi connectivity index (χ3n) is 0.930. The van der Waals surface area contributed by atoms with Crippen molar-refractivity contribution in [3.63, 3.8) is 0 Å². The average molecular weight is 129 g/mol. The van der Waals surface area contributed by atoms with Crippen LogP contribution in [0.2, 0.25) is 0 Å². The number of ether oxygens (including phenoxy) is 1. The van der Waals surface area contributed by atoms with Gasteiger partial charge < -0.3 is 4.74 Å². The fourth-order valence-corrected chi connectivity index (χ4v) is 1.15. The highest BCUT2D eigenvalue weighted by Crippen LogP contribution is 2.27. The summed E-state index contributed by atoms with van der Waals surface area (Å²) in [5.41, 5.74) is 0. The molecule has 0 radical (unpaired) electrons. The van der Waals surface area contributed by atoms with E-state index in [1.54, 1.807) is 11.5 Å². The lowest BCUT2D eigenvalue weighted by molar-refractivity contribution is 0.469. The van der Waals surface area contributed by atoms with Gasteiger partial charge in [0.15, 0.2) is 5.76 Å². The third-order valence-corrected chi connectivity index (χ3v) is 1.70. The molecule has 0 aliphatic carbocycles. The molecule has 0 aromatic heterocycles. The summed E-state index contributed by atoms with van der Waals surface area (Å²) < 4.78 is 17.9. The van der Waals surface area contributed by atoms with Gasteiger partial charge in [-0.25, -0.2) is 4.21 Å². The topological polar surface area (TPSA) is 41.6 Å². The Hall–Kier alpha value is -0.770. The second-order valence-corrected chi connectivity index (χ2v) is 2.57. The SMILES string of the molecule is O=S1C=CC2=C(N1)O2.